The smallest absolute Gasteiger partial charge is 0.0892 e. The van der Waals surface area contributed by atoms with Crippen LogP contribution < -0.4 is 0 Å². The lowest BCUT2D eigenvalue weighted by atomic mass is 9.73. The quantitative estimate of drug-likeness (QED) is 0.593. The van der Waals surface area contributed by atoms with E-state index in [1.54, 1.807) is 0 Å². The molecule has 2 aromatic carbocycles. The third-order valence-corrected chi connectivity index (χ3v) is 6.81. The summed E-state index contributed by atoms with van der Waals surface area (Å²) >= 11 is 0. The van der Waals surface area contributed by atoms with Crippen molar-refractivity contribution in [2.24, 2.45) is 5.41 Å². The van der Waals surface area contributed by atoms with Crippen LogP contribution in [0.15, 0.2) is 71.0 Å². The van der Waals surface area contributed by atoms with Gasteiger partial charge in [0, 0.05) is 15.2 Å². The summed E-state index contributed by atoms with van der Waals surface area (Å²) in [6.07, 6.45) is 2.73. The van der Waals surface area contributed by atoms with E-state index in [1.165, 1.54) is 0 Å². The molecule has 0 radical (unpaired) electrons. The molecular weight excluding hydrogens is 340 g/mol. The van der Waals surface area contributed by atoms with Crippen molar-refractivity contribution >= 4 is 10.8 Å². The molecule has 0 aromatic heterocycles. The van der Waals surface area contributed by atoms with Gasteiger partial charge in [0.25, 0.3) is 0 Å². The van der Waals surface area contributed by atoms with Crippen molar-refractivity contribution in [3.63, 3.8) is 0 Å². The zero-order chi connectivity index (χ0) is 19.2. The summed E-state index contributed by atoms with van der Waals surface area (Å²) < 4.78 is 13.3. The third-order valence-electron chi connectivity index (χ3n) is 5.26. The summed E-state index contributed by atoms with van der Waals surface area (Å²) in [5, 5.41) is 11.3. The Bertz CT molecular complexity index is 737. The molecule has 0 aliphatic carbocycles. The van der Waals surface area contributed by atoms with E-state index in [0.29, 0.717) is 11.3 Å². The normalized spacial score (nSPS) is 15.8. The van der Waals surface area contributed by atoms with Gasteiger partial charge in [0.05, 0.1) is 16.9 Å². The van der Waals surface area contributed by atoms with Crippen LogP contribution in [0, 0.1) is 12.3 Å². The van der Waals surface area contributed by atoms with Gasteiger partial charge in [0.15, 0.2) is 0 Å². The molecule has 0 amide bonds. The Morgan fingerprint density at radius 2 is 1.73 bits per heavy atom. The molecule has 0 fully saturated rings. The SMILES string of the molecule is C=C([S@@](=O)c1ccc(C)cc1)[C@](CC)(CCCC)[C@H](O)c1ccccc1. The lowest BCUT2D eigenvalue weighted by Crippen LogP contribution is -2.32. The molecule has 2 nitrogen and oxygen atoms in total. The Kier molecular flexibility index (Phi) is 7.36. The molecule has 3 atom stereocenters. The molecule has 1 N–H and O–H groups in total. The maximum Gasteiger partial charge on any atom is 0.0892 e. The fourth-order valence-corrected chi connectivity index (χ4v) is 4.83. The summed E-state index contributed by atoms with van der Waals surface area (Å²) in [6.45, 7) is 10.4. The first-order valence-electron chi connectivity index (χ1n) is 9.37. The first kappa shape index (κ1) is 20.6. The number of unbranched alkanes of at least 4 members (excludes halogenated alkanes) is 1. The molecule has 2 aromatic rings. The molecule has 26 heavy (non-hydrogen) atoms. The second-order valence-electron chi connectivity index (χ2n) is 6.93. The van der Waals surface area contributed by atoms with Gasteiger partial charge in [-0.2, -0.15) is 0 Å². The van der Waals surface area contributed by atoms with Crippen LogP contribution in [0.5, 0.6) is 0 Å². The van der Waals surface area contributed by atoms with Crippen LogP contribution in [-0.4, -0.2) is 9.32 Å². The van der Waals surface area contributed by atoms with Gasteiger partial charge in [-0.15, -0.1) is 0 Å². The predicted molar refractivity (Wildman–Crippen MR) is 110 cm³/mol. The Hall–Kier alpha value is -1.71. The number of aryl methyl sites for hydroxylation is 1. The number of benzene rings is 2. The van der Waals surface area contributed by atoms with Gasteiger partial charge in [-0.05, 0) is 37.5 Å². The molecule has 0 bridgehead atoms. The minimum absolute atomic E-state index is 0.604. The van der Waals surface area contributed by atoms with Gasteiger partial charge in [0.2, 0.25) is 0 Å². The Morgan fingerprint density at radius 1 is 1.12 bits per heavy atom. The molecule has 0 heterocycles. The van der Waals surface area contributed by atoms with E-state index in [1.807, 2.05) is 61.5 Å². The van der Waals surface area contributed by atoms with Gasteiger partial charge < -0.3 is 5.11 Å². The highest BCUT2D eigenvalue weighted by Crippen LogP contribution is 2.49. The van der Waals surface area contributed by atoms with Crippen molar-refractivity contribution in [1.29, 1.82) is 0 Å². The predicted octanol–water partition coefficient (Wildman–Crippen LogP) is 5.94. The monoisotopic (exact) mass is 370 g/mol. The van der Waals surface area contributed by atoms with Crippen molar-refractivity contribution in [1.82, 2.24) is 0 Å². The lowest BCUT2D eigenvalue weighted by Gasteiger charge is -2.39. The van der Waals surface area contributed by atoms with Gasteiger partial charge in [-0.3, -0.25) is 0 Å². The number of aliphatic hydroxyl groups is 1. The Morgan fingerprint density at radius 3 is 2.27 bits per heavy atom. The van der Waals surface area contributed by atoms with Crippen molar-refractivity contribution < 1.29 is 9.32 Å². The minimum Gasteiger partial charge on any atom is -0.387 e. The fourth-order valence-electron chi connectivity index (χ4n) is 3.43. The highest BCUT2D eigenvalue weighted by Gasteiger charge is 2.41. The zero-order valence-corrected chi connectivity index (χ0v) is 16.9. The van der Waals surface area contributed by atoms with Crippen LogP contribution in [-0.2, 0) is 10.8 Å². The summed E-state index contributed by atoms with van der Waals surface area (Å²) in [7, 11) is -1.36. The number of aliphatic hydroxyl groups excluding tert-OH is 1. The molecule has 0 unspecified atom stereocenters. The van der Waals surface area contributed by atoms with Crippen LogP contribution in [0.1, 0.15) is 56.8 Å². The number of hydrogen-bond acceptors (Lipinski definition) is 2. The third kappa shape index (κ3) is 4.33. The van der Waals surface area contributed by atoms with Gasteiger partial charge in [0.1, 0.15) is 0 Å². The van der Waals surface area contributed by atoms with E-state index in [-0.39, 0.29) is 0 Å². The molecule has 0 aliphatic heterocycles. The summed E-state index contributed by atoms with van der Waals surface area (Å²) in [4.78, 5) is 1.36. The van der Waals surface area contributed by atoms with Crippen LogP contribution in [0.4, 0.5) is 0 Å². The Balaban J connectivity index is 2.43. The van der Waals surface area contributed by atoms with Gasteiger partial charge in [-0.25, -0.2) is 4.21 Å². The van der Waals surface area contributed by atoms with E-state index in [9.17, 15) is 9.32 Å². The lowest BCUT2D eigenvalue weighted by molar-refractivity contribution is 0.0436. The van der Waals surface area contributed by atoms with E-state index >= 15 is 0 Å². The van der Waals surface area contributed by atoms with Crippen LogP contribution in [0.2, 0.25) is 0 Å². The summed E-state index contributed by atoms with van der Waals surface area (Å²) in [5.41, 5.74) is 1.38. The van der Waals surface area contributed by atoms with E-state index in [4.69, 9.17) is 0 Å². The first-order chi connectivity index (χ1) is 12.5. The second-order valence-corrected chi connectivity index (χ2v) is 8.43. The molecule has 3 heteroatoms. The maximum absolute atomic E-state index is 13.3. The van der Waals surface area contributed by atoms with Crippen molar-refractivity contribution in [2.45, 2.75) is 57.5 Å². The topological polar surface area (TPSA) is 37.3 Å². The molecule has 0 spiro atoms. The Labute approximate surface area is 160 Å². The average Bonchev–Trinajstić information content (AvgIpc) is 2.69. The standard InChI is InChI=1S/C23H30O2S/c1-5-7-17-23(6-2,22(24)20-11-9-8-10-12-20)19(4)26(25)21-15-13-18(3)14-16-21/h8-16,22,24H,4-7,17H2,1-3H3/t22-,23+,26-/m1/s1. The summed E-state index contributed by atoms with van der Waals surface area (Å²) in [6, 6.07) is 17.4. The minimum atomic E-state index is -1.36. The van der Waals surface area contributed by atoms with Crippen molar-refractivity contribution in [2.75, 3.05) is 0 Å². The van der Waals surface area contributed by atoms with Crippen molar-refractivity contribution in [3.8, 4) is 0 Å². The highest BCUT2D eigenvalue weighted by atomic mass is 32.2. The summed E-state index contributed by atoms with van der Waals surface area (Å²) in [5.74, 6) is 0. The van der Waals surface area contributed by atoms with Crippen molar-refractivity contribution in [3.05, 3.63) is 77.2 Å². The van der Waals surface area contributed by atoms with Crippen LogP contribution in [0.3, 0.4) is 0 Å². The highest BCUT2D eigenvalue weighted by molar-refractivity contribution is 7.89. The average molecular weight is 371 g/mol. The maximum atomic E-state index is 13.3. The van der Waals surface area contributed by atoms with Gasteiger partial charge >= 0.3 is 0 Å². The molecule has 140 valence electrons. The fraction of sp³-hybridized carbons (Fsp3) is 0.391. The van der Waals surface area contributed by atoms with Crippen LogP contribution >= 0.6 is 0 Å². The largest absolute Gasteiger partial charge is 0.387 e. The first-order valence-corrected chi connectivity index (χ1v) is 10.5. The van der Waals surface area contributed by atoms with Gasteiger partial charge in [-0.1, -0.05) is 81.3 Å². The zero-order valence-electron chi connectivity index (χ0n) is 16.1. The van der Waals surface area contributed by atoms with E-state index in [2.05, 4.69) is 20.4 Å². The van der Waals surface area contributed by atoms with E-state index in [0.717, 1.165) is 35.3 Å². The van der Waals surface area contributed by atoms with E-state index < -0.39 is 22.3 Å². The number of rotatable bonds is 9. The van der Waals surface area contributed by atoms with Crippen LogP contribution in [0.25, 0.3) is 0 Å². The number of hydrogen-bond donors (Lipinski definition) is 1. The molecule has 0 saturated carbocycles. The molecule has 0 aliphatic rings. The molecular formula is C23H30O2S. The second kappa shape index (κ2) is 9.29. The molecule has 0 saturated heterocycles. The molecule has 2 rings (SSSR count).